The van der Waals surface area contributed by atoms with Crippen LogP contribution in [-0.4, -0.2) is 11.9 Å². The molecule has 3 N–H and O–H groups in total. The summed E-state index contributed by atoms with van der Waals surface area (Å²) in [6.07, 6.45) is 3.93. The number of nitrogens with one attached hydrogen (secondary N) is 1. The second-order valence-corrected chi connectivity index (χ2v) is 5.18. The Kier molecular flexibility index (Phi) is 6.32. The van der Waals surface area contributed by atoms with Crippen LogP contribution in [0.5, 0.6) is 0 Å². The van der Waals surface area contributed by atoms with E-state index in [2.05, 4.69) is 12.2 Å². The first-order valence-corrected chi connectivity index (χ1v) is 6.80. The average molecular weight is 283 g/mol. The molecule has 106 valence electrons. The summed E-state index contributed by atoms with van der Waals surface area (Å²) in [5, 5.41) is 3.07. The third-order valence-corrected chi connectivity index (χ3v) is 3.56. The zero-order valence-corrected chi connectivity index (χ0v) is 12.2. The predicted molar refractivity (Wildman–Crippen MR) is 80.2 cm³/mol. The SMILES string of the molecule is CCCC1CC1NC(=O)CC(N)c1ccccc1.Cl. The van der Waals surface area contributed by atoms with Gasteiger partial charge < -0.3 is 11.1 Å². The summed E-state index contributed by atoms with van der Waals surface area (Å²) in [5.74, 6) is 0.779. The molecule has 3 unspecified atom stereocenters. The first-order chi connectivity index (χ1) is 8.70. The highest BCUT2D eigenvalue weighted by Gasteiger charge is 2.37. The van der Waals surface area contributed by atoms with Crippen LogP contribution in [0.25, 0.3) is 0 Å². The van der Waals surface area contributed by atoms with Crippen molar-refractivity contribution in [2.75, 3.05) is 0 Å². The maximum atomic E-state index is 11.8. The van der Waals surface area contributed by atoms with Crippen LogP contribution in [0.3, 0.4) is 0 Å². The van der Waals surface area contributed by atoms with E-state index in [-0.39, 0.29) is 24.4 Å². The molecule has 0 aromatic heterocycles. The summed E-state index contributed by atoms with van der Waals surface area (Å²) >= 11 is 0. The largest absolute Gasteiger partial charge is 0.353 e. The van der Waals surface area contributed by atoms with Gasteiger partial charge in [0.25, 0.3) is 0 Å². The fourth-order valence-electron chi connectivity index (χ4n) is 2.40. The number of hydrogen-bond donors (Lipinski definition) is 2. The monoisotopic (exact) mass is 282 g/mol. The Morgan fingerprint density at radius 3 is 2.74 bits per heavy atom. The lowest BCUT2D eigenvalue weighted by molar-refractivity contribution is -0.121. The van der Waals surface area contributed by atoms with Crippen LogP contribution in [0.2, 0.25) is 0 Å². The minimum Gasteiger partial charge on any atom is -0.353 e. The van der Waals surface area contributed by atoms with Crippen LogP contribution in [0, 0.1) is 5.92 Å². The average Bonchev–Trinajstić information content (AvgIpc) is 3.08. The van der Waals surface area contributed by atoms with Crippen LogP contribution in [0.15, 0.2) is 30.3 Å². The Balaban J connectivity index is 0.00000180. The summed E-state index contributed by atoms with van der Waals surface area (Å²) in [7, 11) is 0. The van der Waals surface area contributed by atoms with Crippen LogP contribution in [0.1, 0.15) is 44.2 Å². The molecule has 3 atom stereocenters. The Morgan fingerprint density at radius 1 is 1.42 bits per heavy atom. The molecule has 3 nitrogen and oxygen atoms in total. The molecule has 0 saturated heterocycles. The zero-order valence-electron chi connectivity index (χ0n) is 11.3. The van der Waals surface area contributed by atoms with Crippen molar-refractivity contribution in [2.45, 2.75) is 44.7 Å². The number of amides is 1. The van der Waals surface area contributed by atoms with Crippen molar-refractivity contribution in [1.29, 1.82) is 0 Å². The minimum atomic E-state index is -0.199. The summed E-state index contributed by atoms with van der Waals surface area (Å²) in [4.78, 5) is 11.8. The van der Waals surface area contributed by atoms with Crippen molar-refractivity contribution in [3.63, 3.8) is 0 Å². The fraction of sp³-hybridized carbons (Fsp3) is 0.533. The maximum absolute atomic E-state index is 11.8. The molecule has 0 heterocycles. The van der Waals surface area contributed by atoms with E-state index in [1.165, 1.54) is 12.8 Å². The molecule has 1 fully saturated rings. The van der Waals surface area contributed by atoms with Crippen molar-refractivity contribution >= 4 is 18.3 Å². The summed E-state index contributed by atoms with van der Waals surface area (Å²) in [6.45, 7) is 2.18. The van der Waals surface area contributed by atoms with Gasteiger partial charge in [-0.05, 0) is 24.3 Å². The molecular weight excluding hydrogens is 260 g/mol. The van der Waals surface area contributed by atoms with E-state index in [0.29, 0.717) is 18.4 Å². The second-order valence-electron chi connectivity index (χ2n) is 5.18. The number of halogens is 1. The van der Waals surface area contributed by atoms with Crippen molar-refractivity contribution in [3.05, 3.63) is 35.9 Å². The molecule has 0 spiro atoms. The number of benzene rings is 1. The number of rotatable bonds is 6. The van der Waals surface area contributed by atoms with Gasteiger partial charge in [-0.25, -0.2) is 0 Å². The van der Waals surface area contributed by atoms with E-state index in [0.717, 1.165) is 12.0 Å². The van der Waals surface area contributed by atoms with Gasteiger partial charge in [0.05, 0.1) is 0 Å². The van der Waals surface area contributed by atoms with Crippen LogP contribution >= 0.6 is 12.4 Å². The van der Waals surface area contributed by atoms with Crippen molar-refractivity contribution in [3.8, 4) is 0 Å². The fourth-order valence-corrected chi connectivity index (χ4v) is 2.40. The number of carbonyl (C=O) groups excluding carboxylic acids is 1. The van der Waals surface area contributed by atoms with E-state index in [1.54, 1.807) is 0 Å². The minimum absolute atomic E-state index is 0. The Hall–Kier alpha value is -1.06. The Labute approximate surface area is 121 Å². The lowest BCUT2D eigenvalue weighted by Crippen LogP contribution is -2.30. The van der Waals surface area contributed by atoms with Crippen LogP contribution in [0.4, 0.5) is 0 Å². The van der Waals surface area contributed by atoms with Crippen molar-refractivity contribution < 1.29 is 4.79 Å². The molecule has 1 amide bonds. The molecule has 0 aliphatic heterocycles. The Bertz CT molecular complexity index is 396. The standard InChI is InChI=1S/C15H22N2O.ClH/c1-2-6-12-9-14(12)17-15(18)10-13(16)11-7-4-3-5-8-11;/h3-5,7-8,12-14H,2,6,9-10,16H2,1H3,(H,17,18);1H. The third-order valence-electron chi connectivity index (χ3n) is 3.56. The second kappa shape index (κ2) is 7.51. The summed E-state index contributed by atoms with van der Waals surface area (Å²) in [6, 6.07) is 9.99. The van der Waals surface area contributed by atoms with Gasteiger partial charge in [0.1, 0.15) is 0 Å². The molecule has 1 aromatic carbocycles. The normalized spacial score (nSPS) is 22.2. The van der Waals surface area contributed by atoms with E-state index >= 15 is 0 Å². The first-order valence-electron chi connectivity index (χ1n) is 6.80. The molecule has 1 aliphatic rings. The molecule has 2 rings (SSSR count). The van der Waals surface area contributed by atoms with Gasteiger partial charge in [0, 0.05) is 18.5 Å². The molecule has 1 saturated carbocycles. The van der Waals surface area contributed by atoms with Crippen molar-refractivity contribution in [2.24, 2.45) is 11.7 Å². The van der Waals surface area contributed by atoms with E-state index in [9.17, 15) is 4.79 Å². The maximum Gasteiger partial charge on any atom is 0.222 e. The quantitative estimate of drug-likeness (QED) is 0.843. The molecule has 19 heavy (non-hydrogen) atoms. The van der Waals surface area contributed by atoms with Gasteiger partial charge in [-0.2, -0.15) is 0 Å². The topological polar surface area (TPSA) is 55.1 Å². The number of carbonyl (C=O) groups is 1. The molecule has 4 heteroatoms. The summed E-state index contributed by atoms with van der Waals surface area (Å²) < 4.78 is 0. The number of hydrogen-bond acceptors (Lipinski definition) is 2. The van der Waals surface area contributed by atoms with E-state index in [1.807, 2.05) is 30.3 Å². The molecular formula is C15H23ClN2O. The highest BCUT2D eigenvalue weighted by molar-refractivity contribution is 5.85. The van der Waals surface area contributed by atoms with E-state index < -0.39 is 0 Å². The van der Waals surface area contributed by atoms with Gasteiger partial charge in [-0.3, -0.25) is 4.79 Å². The molecule has 1 aromatic rings. The highest BCUT2D eigenvalue weighted by Crippen LogP contribution is 2.34. The van der Waals surface area contributed by atoms with Crippen molar-refractivity contribution in [1.82, 2.24) is 5.32 Å². The van der Waals surface area contributed by atoms with Gasteiger partial charge in [-0.1, -0.05) is 43.7 Å². The Morgan fingerprint density at radius 2 is 2.11 bits per heavy atom. The third kappa shape index (κ3) is 4.84. The van der Waals surface area contributed by atoms with E-state index in [4.69, 9.17) is 5.73 Å². The lowest BCUT2D eigenvalue weighted by Gasteiger charge is -2.12. The van der Waals surface area contributed by atoms with Gasteiger partial charge in [0.15, 0.2) is 0 Å². The lowest BCUT2D eigenvalue weighted by atomic mass is 10.0. The molecule has 1 aliphatic carbocycles. The van der Waals surface area contributed by atoms with Crippen LogP contribution in [-0.2, 0) is 4.79 Å². The van der Waals surface area contributed by atoms with Gasteiger partial charge in [-0.15, -0.1) is 12.4 Å². The smallest absolute Gasteiger partial charge is 0.222 e. The first kappa shape index (κ1) is 16.0. The predicted octanol–water partition coefficient (Wildman–Crippen LogP) is 2.80. The zero-order chi connectivity index (χ0) is 13.0. The van der Waals surface area contributed by atoms with Crippen LogP contribution < -0.4 is 11.1 Å². The van der Waals surface area contributed by atoms with Gasteiger partial charge in [0.2, 0.25) is 5.91 Å². The van der Waals surface area contributed by atoms with Gasteiger partial charge >= 0.3 is 0 Å². The highest BCUT2D eigenvalue weighted by atomic mass is 35.5. The molecule has 0 bridgehead atoms. The number of nitrogens with two attached hydrogens (primary N) is 1. The molecule has 0 radical (unpaired) electrons. The summed E-state index contributed by atoms with van der Waals surface area (Å²) in [5.41, 5.74) is 7.05.